The van der Waals surface area contributed by atoms with Gasteiger partial charge in [0.1, 0.15) is 0 Å². The third-order valence-corrected chi connectivity index (χ3v) is 2.54. The number of hydrogen-bond donors (Lipinski definition) is 0. The zero-order valence-electron chi connectivity index (χ0n) is 12.6. The van der Waals surface area contributed by atoms with Gasteiger partial charge in [0.15, 0.2) is 0 Å². The third kappa shape index (κ3) is 7.17. The van der Waals surface area contributed by atoms with Gasteiger partial charge in [-0.1, -0.05) is 59.9 Å². The first-order valence-corrected chi connectivity index (χ1v) is 7.01. The van der Waals surface area contributed by atoms with Crippen LogP contribution < -0.4 is 0 Å². The van der Waals surface area contributed by atoms with Crippen molar-refractivity contribution in [1.82, 2.24) is 4.90 Å². The van der Waals surface area contributed by atoms with E-state index in [2.05, 4.69) is 25.0 Å². The highest BCUT2D eigenvalue weighted by atomic mass is 15.1. The first-order chi connectivity index (χ1) is 8.31. The van der Waals surface area contributed by atoms with E-state index in [-0.39, 0.29) is 0 Å². The Hall–Kier alpha value is -0.820. The van der Waals surface area contributed by atoms with E-state index >= 15 is 0 Å². The molecular formula is C16H31N. The predicted molar refractivity (Wildman–Crippen MR) is 81.5 cm³/mol. The van der Waals surface area contributed by atoms with Crippen molar-refractivity contribution in [3.8, 4) is 0 Å². The molecule has 0 saturated carbocycles. The molecule has 17 heavy (non-hydrogen) atoms. The number of allylic oxidation sites excluding steroid dienone is 1. The van der Waals surface area contributed by atoms with Crippen LogP contribution >= 0.6 is 0 Å². The topological polar surface area (TPSA) is 3.24 Å². The summed E-state index contributed by atoms with van der Waals surface area (Å²) in [5, 5.41) is 0. The summed E-state index contributed by atoms with van der Waals surface area (Å²) in [5.41, 5.74) is 2.73. The molecule has 1 aliphatic heterocycles. The second-order valence-corrected chi connectivity index (χ2v) is 3.48. The molecule has 0 unspecified atom stereocenters. The van der Waals surface area contributed by atoms with Gasteiger partial charge in [-0.25, -0.2) is 0 Å². The van der Waals surface area contributed by atoms with E-state index in [1.165, 1.54) is 30.7 Å². The predicted octanol–water partition coefficient (Wildman–Crippen LogP) is 4.82. The van der Waals surface area contributed by atoms with E-state index < -0.39 is 0 Å². The maximum absolute atomic E-state index is 3.84. The summed E-state index contributed by atoms with van der Waals surface area (Å²) < 4.78 is 0. The van der Waals surface area contributed by atoms with Crippen molar-refractivity contribution in [2.45, 2.75) is 47.5 Å². The minimum atomic E-state index is 1.05. The van der Waals surface area contributed by atoms with Crippen LogP contribution in [0.4, 0.5) is 0 Å². The lowest BCUT2D eigenvalue weighted by atomic mass is 10.00. The maximum Gasteiger partial charge on any atom is 0.0236 e. The van der Waals surface area contributed by atoms with Gasteiger partial charge in [0.05, 0.1) is 0 Å². The summed E-state index contributed by atoms with van der Waals surface area (Å²) in [6.45, 7) is 21.3. The van der Waals surface area contributed by atoms with Crippen LogP contribution in [-0.4, -0.2) is 24.5 Å². The lowest BCUT2D eigenvalue weighted by Gasteiger charge is -2.28. The smallest absolute Gasteiger partial charge is 0.0236 e. The minimum absolute atomic E-state index is 1.05. The highest BCUT2D eigenvalue weighted by molar-refractivity contribution is 5.34. The molecule has 0 amide bonds. The molecule has 0 aromatic rings. The molecule has 1 rings (SSSR count). The second-order valence-electron chi connectivity index (χ2n) is 3.48. The fourth-order valence-corrected chi connectivity index (χ4v) is 1.80. The van der Waals surface area contributed by atoms with Crippen molar-refractivity contribution < 1.29 is 0 Å². The number of hydrogen-bond acceptors (Lipinski definition) is 1. The molecule has 0 aromatic heterocycles. The van der Waals surface area contributed by atoms with Crippen molar-refractivity contribution >= 4 is 0 Å². The average molecular weight is 237 g/mol. The van der Waals surface area contributed by atoms with Crippen molar-refractivity contribution in [2.24, 2.45) is 0 Å². The summed E-state index contributed by atoms with van der Waals surface area (Å²) in [5.74, 6) is 0. The molecule has 100 valence electrons. The van der Waals surface area contributed by atoms with Crippen LogP contribution in [0.5, 0.6) is 0 Å². The monoisotopic (exact) mass is 237 g/mol. The van der Waals surface area contributed by atoms with Gasteiger partial charge in [-0.15, -0.1) is 0 Å². The molecule has 0 bridgehead atoms. The van der Waals surface area contributed by atoms with Crippen LogP contribution in [0, 0.1) is 0 Å². The van der Waals surface area contributed by atoms with Gasteiger partial charge < -0.3 is 0 Å². The molecule has 1 heteroatoms. The summed E-state index contributed by atoms with van der Waals surface area (Å²) in [6.07, 6.45) is 6.30. The van der Waals surface area contributed by atoms with Crippen LogP contribution in [0.15, 0.2) is 36.5 Å². The average Bonchev–Trinajstić information content (AvgIpc) is 2.43. The van der Waals surface area contributed by atoms with Crippen molar-refractivity contribution in [1.29, 1.82) is 0 Å². The molecule has 1 nitrogen and oxygen atoms in total. The van der Waals surface area contributed by atoms with Gasteiger partial charge in [0, 0.05) is 13.1 Å². The van der Waals surface area contributed by atoms with E-state index in [1.807, 2.05) is 39.8 Å². The van der Waals surface area contributed by atoms with Gasteiger partial charge in [-0.3, -0.25) is 4.90 Å². The Balaban J connectivity index is 0. The van der Waals surface area contributed by atoms with E-state index in [0.29, 0.717) is 0 Å². The van der Waals surface area contributed by atoms with E-state index in [4.69, 9.17) is 0 Å². The molecule has 0 aliphatic carbocycles. The third-order valence-electron chi connectivity index (χ3n) is 2.54. The Labute approximate surface area is 109 Å². The van der Waals surface area contributed by atoms with Crippen molar-refractivity contribution in [3.63, 3.8) is 0 Å². The van der Waals surface area contributed by atoms with E-state index in [0.717, 1.165) is 13.0 Å². The minimum Gasteiger partial charge on any atom is -0.299 e. The van der Waals surface area contributed by atoms with Crippen LogP contribution in [0.1, 0.15) is 47.5 Å². The van der Waals surface area contributed by atoms with Crippen molar-refractivity contribution in [2.75, 3.05) is 19.6 Å². The van der Waals surface area contributed by atoms with Gasteiger partial charge in [-0.05, 0) is 30.5 Å². The van der Waals surface area contributed by atoms with Gasteiger partial charge >= 0.3 is 0 Å². The summed E-state index contributed by atoms with van der Waals surface area (Å²) in [7, 11) is 0. The molecular weight excluding hydrogens is 206 g/mol. The van der Waals surface area contributed by atoms with Gasteiger partial charge in [-0.2, -0.15) is 0 Å². The molecule has 1 aliphatic rings. The lowest BCUT2D eigenvalue weighted by molar-refractivity contribution is 0.290. The van der Waals surface area contributed by atoms with E-state index in [9.17, 15) is 0 Å². The first-order valence-electron chi connectivity index (χ1n) is 7.01. The van der Waals surface area contributed by atoms with Gasteiger partial charge in [0.2, 0.25) is 0 Å². The zero-order chi connectivity index (χ0) is 13.7. The fourth-order valence-electron chi connectivity index (χ4n) is 1.80. The number of nitrogens with zero attached hydrogens (tertiary/aromatic N) is 1. The lowest BCUT2D eigenvalue weighted by Crippen LogP contribution is -2.31. The van der Waals surface area contributed by atoms with Crippen LogP contribution in [0.3, 0.4) is 0 Å². The highest BCUT2D eigenvalue weighted by Crippen LogP contribution is 2.19. The summed E-state index contributed by atoms with van der Waals surface area (Å²) in [4.78, 5) is 2.48. The number of rotatable bonds is 4. The van der Waals surface area contributed by atoms with Crippen LogP contribution in [0.2, 0.25) is 0 Å². The second kappa shape index (κ2) is 13.2. The molecule has 0 N–H and O–H groups in total. The van der Waals surface area contributed by atoms with E-state index in [1.54, 1.807) is 0 Å². The Morgan fingerprint density at radius 1 is 1.06 bits per heavy atom. The standard InChI is InChI=1S/C12H19N.2C2H6/c1-4-8-13-9-7-11(5-2)12(6-3)10-13;2*1-2/h5-6H,2-4,7-10H2,1H3;2*1-2H3. The van der Waals surface area contributed by atoms with Gasteiger partial charge in [0.25, 0.3) is 0 Å². The summed E-state index contributed by atoms with van der Waals surface area (Å²) in [6, 6.07) is 0. The van der Waals surface area contributed by atoms with Crippen LogP contribution in [0.25, 0.3) is 0 Å². The molecule has 0 saturated heterocycles. The highest BCUT2D eigenvalue weighted by Gasteiger charge is 2.13. The molecule has 0 spiro atoms. The Kier molecular flexibility index (Phi) is 14.4. The first kappa shape index (κ1) is 18.5. The zero-order valence-corrected chi connectivity index (χ0v) is 12.6. The normalized spacial score (nSPS) is 15.1. The summed E-state index contributed by atoms with van der Waals surface area (Å²) >= 11 is 0. The van der Waals surface area contributed by atoms with Crippen molar-refractivity contribution in [3.05, 3.63) is 36.5 Å². The molecule has 1 heterocycles. The largest absolute Gasteiger partial charge is 0.299 e. The maximum atomic E-state index is 3.84. The SMILES string of the molecule is C=CC1=C(C=C)CN(CCC)CC1.CC.CC. The Bertz CT molecular complexity index is 226. The molecule has 0 radical (unpaired) electrons. The molecule has 0 atom stereocenters. The van der Waals surface area contributed by atoms with Crippen LogP contribution in [-0.2, 0) is 0 Å². The molecule has 0 fully saturated rings. The molecule has 0 aromatic carbocycles. The quantitative estimate of drug-likeness (QED) is 0.677. The Morgan fingerprint density at radius 3 is 2.00 bits per heavy atom. The Morgan fingerprint density at radius 2 is 1.59 bits per heavy atom. The fraction of sp³-hybridized carbons (Fsp3) is 0.625.